The van der Waals surface area contributed by atoms with Crippen LogP contribution in [0.2, 0.25) is 10.0 Å². The molecular weight excluding hydrogens is 319 g/mol. The molecule has 0 bridgehead atoms. The van der Waals surface area contributed by atoms with Gasteiger partial charge in [0.05, 0.1) is 17.2 Å². The van der Waals surface area contributed by atoms with E-state index in [1.165, 1.54) is 7.11 Å². The Hall–Kier alpha value is -0.620. The van der Waals surface area contributed by atoms with Gasteiger partial charge in [-0.25, -0.2) is 0 Å². The number of nitrogens with one attached hydrogen (secondary N) is 2. The van der Waals surface area contributed by atoms with Crippen LogP contribution in [0, 0.1) is 0 Å². The van der Waals surface area contributed by atoms with E-state index in [9.17, 15) is 4.79 Å². The van der Waals surface area contributed by atoms with Gasteiger partial charge in [0.15, 0.2) is 5.75 Å². The van der Waals surface area contributed by atoms with Gasteiger partial charge in [0.1, 0.15) is 0 Å². The summed E-state index contributed by atoms with van der Waals surface area (Å²) in [6.07, 6.45) is 0.439. The molecule has 0 spiro atoms. The lowest BCUT2D eigenvalue weighted by Gasteiger charge is -2.22. The van der Waals surface area contributed by atoms with Crippen molar-refractivity contribution in [2.24, 2.45) is 0 Å². The third-order valence-corrected chi connectivity index (χ3v) is 4.61. The van der Waals surface area contributed by atoms with Gasteiger partial charge in [0.2, 0.25) is 5.91 Å². The van der Waals surface area contributed by atoms with Crippen LogP contribution in [0.5, 0.6) is 5.75 Å². The Labute approximate surface area is 132 Å². The minimum absolute atomic E-state index is 0.0534. The number of ether oxygens (including phenoxy) is 1. The summed E-state index contributed by atoms with van der Waals surface area (Å²) in [6, 6.07) is 3.48. The SMILES string of the molecule is COc1c(Cl)cc(NC(=O)CC2CSCCN2)cc1Cl. The lowest BCUT2D eigenvalue weighted by atomic mass is 10.2. The molecule has 1 heterocycles. The lowest BCUT2D eigenvalue weighted by Crippen LogP contribution is -2.39. The maximum Gasteiger partial charge on any atom is 0.225 e. The quantitative estimate of drug-likeness (QED) is 0.888. The second kappa shape index (κ2) is 7.41. The normalized spacial score (nSPS) is 18.6. The maximum atomic E-state index is 12.0. The standard InChI is InChI=1S/C13H16Cl2N2O2S/c1-19-13-10(14)4-8(5-11(13)15)17-12(18)6-9-7-20-3-2-16-9/h4-5,9,16H,2-3,6-7H2,1H3,(H,17,18). The molecule has 0 radical (unpaired) electrons. The molecule has 2 rings (SSSR count). The van der Waals surface area contributed by atoms with E-state index >= 15 is 0 Å². The van der Waals surface area contributed by atoms with Crippen molar-refractivity contribution in [3.63, 3.8) is 0 Å². The molecule has 4 nitrogen and oxygen atoms in total. The smallest absolute Gasteiger partial charge is 0.225 e. The highest BCUT2D eigenvalue weighted by atomic mass is 35.5. The minimum Gasteiger partial charge on any atom is -0.494 e. The van der Waals surface area contributed by atoms with Crippen molar-refractivity contribution in [1.29, 1.82) is 0 Å². The summed E-state index contributed by atoms with van der Waals surface area (Å²) >= 11 is 13.9. The second-order valence-electron chi connectivity index (χ2n) is 4.45. The van der Waals surface area contributed by atoms with Crippen molar-refractivity contribution >= 4 is 46.6 Å². The predicted molar refractivity (Wildman–Crippen MR) is 85.4 cm³/mol. The topological polar surface area (TPSA) is 50.4 Å². The fraction of sp³-hybridized carbons (Fsp3) is 0.462. The van der Waals surface area contributed by atoms with Gasteiger partial charge in [-0.3, -0.25) is 4.79 Å². The number of hydrogen-bond donors (Lipinski definition) is 2. The van der Waals surface area contributed by atoms with Crippen LogP contribution < -0.4 is 15.4 Å². The van der Waals surface area contributed by atoms with Crippen molar-refractivity contribution < 1.29 is 9.53 Å². The monoisotopic (exact) mass is 334 g/mol. The molecule has 0 saturated carbocycles. The molecule has 1 fully saturated rings. The van der Waals surface area contributed by atoms with Crippen molar-refractivity contribution in [3.05, 3.63) is 22.2 Å². The van der Waals surface area contributed by atoms with Crippen LogP contribution in [0.3, 0.4) is 0 Å². The summed E-state index contributed by atoms with van der Waals surface area (Å²) in [5.74, 6) is 2.42. The van der Waals surface area contributed by atoms with Crippen molar-refractivity contribution in [2.75, 3.05) is 30.5 Å². The Morgan fingerprint density at radius 2 is 2.20 bits per heavy atom. The number of rotatable bonds is 4. The second-order valence-corrected chi connectivity index (χ2v) is 6.42. The highest BCUT2D eigenvalue weighted by Crippen LogP contribution is 2.35. The van der Waals surface area contributed by atoms with E-state index in [-0.39, 0.29) is 11.9 Å². The van der Waals surface area contributed by atoms with E-state index in [0.29, 0.717) is 27.9 Å². The summed E-state index contributed by atoms with van der Waals surface area (Å²) in [7, 11) is 1.50. The summed E-state index contributed by atoms with van der Waals surface area (Å²) in [4.78, 5) is 12.0. The maximum absolute atomic E-state index is 12.0. The molecule has 1 aliphatic rings. The van der Waals surface area contributed by atoms with Gasteiger partial charge < -0.3 is 15.4 Å². The molecule has 1 aromatic carbocycles. The summed E-state index contributed by atoms with van der Waals surface area (Å²) < 4.78 is 5.07. The Bertz CT molecular complexity index is 470. The van der Waals surface area contributed by atoms with E-state index in [0.717, 1.165) is 18.1 Å². The fourth-order valence-corrected chi connectivity index (χ4v) is 3.60. The zero-order valence-corrected chi connectivity index (χ0v) is 13.4. The molecule has 0 aliphatic carbocycles. The zero-order valence-electron chi connectivity index (χ0n) is 11.0. The fourth-order valence-electron chi connectivity index (χ4n) is 2.01. The van der Waals surface area contributed by atoms with Crippen molar-refractivity contribution in [3.8, 4) is 5.75 Å². The Morgan fingerprint density at radius 1 is 1.50 bits per heavy atom. The number of carbonyl (C=O) groups excluding carboxylic acids is 1. The number of carbonyl (C=O) groups is 1. The number of hydrogen-bond acceptors (Lipinski definition) is 4. The Morgan fingerprint density at radius 3 is 2.75 bits per heavy atom. The van der Waals surface area contributed by atoms with Gasteiger partial charge in [0.25, 0.3) is 0 Å². The molecule has 1 unspecified atom stereocenters. The lowest BCUT2D eigenvalue weighted by molar-refractivity contribution is -0.116. The number of amides is 1. The predicted octanol–water partition coefficient (Wildman–Crippen LogP) is 3.04. The zero-order chi connectivity index (χ0) is 14.5. The van der Waals surface area contributed by atoms with Crippen LogP contribution in [-0.4, -0.2) is 37.1 Å². The molecule has 1 atom stereocenters. The first kappa shape index (κ1) is 15.8. The molecule has 1 saturated heterocycles. The molecular formula is C13H16Cl2N2O2S. The van der Waals surface area contributed by atoms with Crippen LogP contribution in [0.1, 0.15) is 6.42 Å². The summed E-state index contributed by atoms with van der Waals surface area (Å²) in [5, 5.41) is 6.89. The third-order valence-electron chi connectivity index (χ3n) is 2.92. The van der Waals surface area contributed by atoms with Gasteiger partial charge in [0, 0.05) is 36.2 Å². The van der Waals surface area contributed by atoms with Crippen LogP contribution >= 0.6 is 35.0 Å². The van der Waals surface area contributed by atoms with Crippen molar-refractivity contribution in [2.45, 2.75) is 12.5 Å². The van der Waals surface area contributed by atoms with E-state index in [1.54, 1.807) is 12.1 Å². The van der Waals surface area contributed by atoms with Crippen LogP contribution in [0.4, 0.5) is 5.69 Å². The number of methoxy groups -OCH3 is 1. The van der Waals surface area contributed by atoms with Gasteiger partial charge in [-0.15, -0.1) is 0 Å². The molecule has 7 heteroatoms. The Kier molecular flexibility index (Phi) is 5.84. The molecule has 2 N–H and O–H groups in total. The van der Waals surface area contributed by atoms with E-state index in [4.69, 9.17) is 27.9 Å². The molecule has 1 aromatic rings. The number of thioether (sulfide) groups is 1. The van der Waals surface area contributed by atoms with E-state index < -0.39 is 0 Å². The molecule has 1 amide bonds. The van der Waals surface area contributed by atoms with Crippen LogP contribution in [-0.2, 0) is 4.79 Å². The van der Waals surface area contributed by atoms with Crippen molar-refractivity contribution in [1.82, 2.24) is 5.32 Å². The van der Waals surface area contributed by atoms with Gasteiger partial charge >= 0.3 is 0 Å². The third kappa shape index (κ3) is 4.19. The molecule has 1 aliphatic heterocycles. The number of halogens is 2. The first-order valence-electron chi connectivity index (χ1n) is 6.24. The molecule has 20 heavy (non-hydrogen) atoms. The van der Waals surface area contributed by atoms with Crippen LogP contribution in [0.25, 0.3) is 0 Å². The number of benzene rings is 1. The van der Waals surface area contributed by atoms with Gasteiger partial charge in [-0.2, -0.15) is 11.8 Å². The van der Waals surface area contributed by atoms with Crippen LogP contribution in [0.15, 0.2) is 12.1 Å². The first-order chi connectivity index (χ1) is 9.60. The van der Waals surface area contributed by atoms with Gasteiger partial charge in [-0.05, 0) is 12.1 Å². The van der Waals surface area contributed by atoms with E-state index in [1.807, 2.05) is 11.8 Å². The summed E-state index contributed by atoms with van der Waals surface area (Å²) in [5.41, 5.74) is 0.578. The first-order valence-corrected chi connectivity index (χ1v) is 8.15. The average Bonchev–Trinajstić information content (AvgIpc) is 2.39. The summed E-state index contributed by atoms with van der Waals surface area (Å²) in [6.45, 7) is 0.947. The largest absolute Gasteiger partial charge is 0.494 e. The highest BCUT2D eigenvalue weighted by molar-refractivity contribution is 7.99. The van der Waals surface area contributed by atoms with E-state index in [2.05, 4.69) is 10.6 Å². The highest BCUT2D eigenvalue weighted by Gasteiger charge is 2.17. The minimum atomic E-state index is -0.0534. The number of anilines is 1. The molecule has 110 valence electrons. The Balaban J connectivity index is 1.97. The molecule has 0 aromatic heterocycles. The van der Waals surface area contributed by atoms with Gasteiger partial charge in [-0.1, -0.05) is 23.2 Å². The average molecular weight is 335 g/mol.